The molecule has 1 N–H and O–H groups in total. The standard InChI is InChI=1S/C24H33N5O3/c1-24(2,3)29-21(17-5-6-17)15-20(26-29)23(31)27(4)16-22(30)25-18-7-9-19(10-8-18)28-11-13-32-14-12-28/h7-10,15,17H,5-6,11-14,16H2,1-4H3,(H,25,30). The van der Waals surface area contributed by atoms with Crippen LogP contribution in [0.15, 0.2) is 30.3 Å². The molecule has 1 aromatic heterocycles. The molecular weight excluding hydrogens is 406 g/mol. The largest absolute Gasteiger partial charge is 0.378 e. The second-order valence-corrected chi connectivity index (χ2v) is 9.67. The molecule has 8 nitrogen and oxygen atoms in total. The molecule has 1 saturated heterocycles. The zero-order chi connectivity index (χ0) is 22.9. The molecule has 1 aliphatic heterocycles. The highest BCUT2D eigenvalue weighted by atomic mass is 16.5. The van der Waals surface area contributed by atoms with Gasteiger partial charge in [0.05, 0.1) is 25.3 Å². The molecule has 0 spiro atoms. The van der Waals surface area contributed by atoms with E-state index < -0.39 is 0 Å². The molecule has 2 aromatic rings. The van der Waals surface area contributed by atoms with Gasteiger partial charge in [0, 0.05) is 43.1 Å². The summed E-state index contributed by atoms with van der Waals surface area (Å²) in [6, 6.07) is 9.65. The molecule has 8 heteroatoms. The van der Waals surface area contributed by atoms with Crippen molar-refractivity contribution >= 4 is 23.2 Å². The maximum absolute atomic E-state index is 12.9. The monoisotopic (exact) mass is 439 g/mol. The van der Waals surface area contributed by atoms with Crippen LogP contribution in [0.4, 0.5) is 11.4 Å². The van der Waals surface area contributed by atoms with Gasteiger partial charge in [-0.15, -0.1) is 0 Å². The van der Waals surface area contributed by atoms with Crippen molar-refractivity contribution in [3.8, 4) is 0 Å². The van der Waals surface area contributed by atoms with Crippen molar-refractivity contribution in [1.82, 2.24) is 14.7 Å². The lowest BCUT2D eigenvalue weighted by molar-refractivity contribution is -0.116. The number of anilines is 2. The first kappa shape index (κ1) is 22.3. The number of likely N-dealkylation sites (N-methyl/N-ethyl adjacent to an activating group) is 1. The summed E-state index contributed by atoms with van der Waals surface area (Å²) in [5.74, 6) is 0.00247. The fourth-order valence-corrected chi connectivity index (χ4v) is 3.97. The predicted octanol–water partition coefficient (Wildman–Crippen LogP) is 3.06. The minimum Gasteiger partial charge on any atom is -0.378 e. The molecule has 1 aliphatic carbocycles. The van der Waals surface area contributed by atoms with E-state index in [1.54, 1.807) is 7.05 Å². The van der Waals surface area contributed by atoms with Crippen LogP contribution in [0.2, 0.25) is 0 Å². The molecular formula is C24H33N5O3. The Morgan fingerprint density at radius 1 is 1.16 bits per heavy atom. The van der Waals surface area contributed by atoms with Crippen LogP contribution >= 0.6 is 0 Å². The first-order valence-electron chi connectivity index (χ1n) is 11.3. The van der Waals surface area contributed by atoms with E-state index in [1.165, 1.54) is 4.90 Å². The van der Waals surface area contributed by atoms with Crippen LogP contribution in [0, 0.1) is 0 Å². The third kappa shape index (κ3) is 5.12. The number of nitrogens with one attached hydrogen (secondary N) is 1. The highest BCUT2D eigenvalue weighted by molar-refractivity contribution is 5.98. The molecule has 2 heterocycles. The summed E-state index contributed by atoms with van der Waals surface area (Å²) in [5, 5.41) is 7.47. The van der Waals surface area contributed by atoms with Crippen LogP contribution in [0.1, 0.15) is 55.7 Å². The summed E-state index contributed by atoms with van der Waals surface area (Å²) in [7, 11) is 1.64. The Bertz CT molecular complexity index is 967. The molecule has 0 radical (unpaired) electrons. The number of benzene rings is 1. The van der Waals surface area contributed by atoms with Gasteiger partial charge in [-0.1, -0.05) is 0 Å². The van der Waals surface area contributed by atoms with Crippen LogP contribution < -0.4 is 10.2 Å². The zero-order valence-corrected chi connectivity index (χ0v) is 19.4. The lowest BCUT2D eigenvalue weighted by Gasteiger charge is -2.28. The predicted molar refractivity (Wildman–Crippen MR) is 124 cm³/mol. The van der Waals surface area contributed by atoms with Crippen LogP contribution in [0.3, 0.4) is 0 Å². The summed E-state index contributed by atoms with van der Waals surface area (Å²) in [4.78, 5) is 29.2. The molecule has 0 bridgehead atoms. The topological polar surface area (TPSA) is 79.7 Å². The number of hydrogen-bond donors (Lipinski definition) is 1. The summed E-state index contributed by atoms with van der Waals surface area (Å²) in [6.45, 7) is 9.41. The van der Waals surface area contributed by atoms with Crippen LogP contribution in [-0.4, -0.2) is 66.4 Å². The van der Waals surface area contributed by atoms with Crippen LogP contribution in [-0.2, 0) is 15.1 Å². The maximum atomic E-state index is 12.9. The Morgan fingerprint density at radius 2 is 1.81 bits per heavy atom. The van der Waals surface area contributed by atoms with Gasteiger partial charge in [0.1, 0.15) is 0 Å². The van der Waals surface area contributed by atoms with Gasteiger partial charge in [-0.05, 0) is 63.9 Å². The fourth-order valence-electron chi connectivity index (χ4n) is 3.97. The van der Waals surface area contributed by atoms with Gasteiger partial charge in [0.25, 0.3) is 5.91 Å². The van der Waals surface area contributed by atoms with Crippen molar-refractivity contribution in [2.75, 3.05) is 50.1 Å². The van der Waals surface area contributed by atoms with Crippen molar-refractivity contribution in [3.63, 3.8) is 0 Å². The maximum Gasteiger partial charge on any atom is 0.274 e. The number of rotatable bonds is 6. The van der Waals surface area contributed by atoms with E-state index in [-0.39, 0.29) is 23.9 Å². The molecule has 1 saturated carbocycles. The Kier molecular flexibility index (Phi) is 6.24. The third-order valence-corrected chi connectivity index (χ3v) is 5.84. The Balaban J connectivity index is 1.36. The van der Waals surface area contributed by atoms with E-state index >= 15 is 0 Å². The normalized spacial score (nSPS) is 16.7. The molecule has 0 unspecified atom stereocenters. The number of morpholine rings is 1. The lowest BCUT2D eigenvalue weighted by atomic mass is 10.1. The summed E-state index contributed by atoms with van der Waals surface area (Å²) in [6.07, 6.45) is 2.27. The number of carbonyl (C=O) groups is 2. The van der Waals surface area contributed by atoms with Crippen molar-refractivity contribution in [3.05, 3.63) is 41.7 Å². The minimum absolute atomic E-state index is 0.0365. The van der Waals surface area contributed by atoms with Crippen molar-refractivity contribution in [2.45, 2.75) is 45.1 Å². The third-order valence-electron chi connectivity index (χ3n) is 5.84. The highest BCUT2D eigenvalue weighted by Gasteiger charge is 2.33. The second kappa shape index (κ2) is 8.94. The van der Waals surface area contributed by atoms with Gasteiger partial charge in [-0.2, -0.15) is 5.10 Å². The van der Waals surface area contributed by atoms with E-state index in [0.29, 0.717) is 17.3 Å². The summed E-state index contributed by atoms with van der Waals surface area (Å²) >= 11 is 0. The van der Waals surface area contributed by atoms with Crippen molar-refractivity contribution in [1.29, 1.82) is 0 Å². The minimum atomic E-state index is -0.243. The number of amides is 2. The molecule has 2 amide bonds. The Labute approximate surface area is 189 Å². The average molecular weight is 440 g/mol. The highest BCUT2D eigenvalue weighted by Crippen LogP contribution is 2.41. The van der Waals surface area contributed by atoms with Gasteiger partial charge in [0.2, 0.25) is 5.91 Å². The molecule has 172 valence electrons. The molecule has 2 fully saturated rings. The average Bonchev–Trinajstić information content (AvgIpc) is 3.51. The first-order valence-corrected chi connectivity index (χ1v) is 11.3. The molecule has 4 rings (SSSR count). The van der Waals surface area contributed by atoms with E-state index in [2.05, 4.69) is 36.1 Å². The van der Waals surface area contributed by atoms with E-state index in [9.17, 15) is 9.59 Å². The number of hydrogen-bond acceptors (Lipinski definition) is 5. The van der Waals surface area contributed by atoms with Gasteiger partial charge in [-0.3, -0.25) is 14.3 Å². The molecule has 2 aliphatic rings. The number of ether oxygens (including phenoxy) is 1. The Morgan fingerprint density at radius 3 is 2.41 bits per heavy atom. The van der Waals surface area contributed by atoms with E-state index in [4.69, 9.17) is 4.74 Å². The van der Waals surface area contributed by atoms with E-state index in [0.717, 1.165) is 50.5 Å². The molecule has 0 atom stereocenters. The van der Waals surface area contributed by atoms with Gasteiger partial charge in [-0.25, -0.2) is 0 Å². The van der Waals surface area contributed by atoms with E-state index in [1.807, 2.05) is 35.0 Å². The number of carbonyl (C=O) groups excluding carboxylic acids is 2. The Hall–Kier alpha value is -2.87. The van der Waals surface area contributed by atoms with Crippen molar-refractivity contribution in [2.24, 2.45) is 0 Å². The number of aromatic nitrogens is 2. The summed E-state index contributed by atoms with van der Waals surface area (Å²) < 4.78 is 7.35. The lowest BCUT2D eigenvalue weighted by Crippen LogP contribution is -2.36. The SMILES string of the molecule is CN(CC(=O)Nc1ccc(N2CCOCC2)cc1)C(=O)c1cc(C2CC2)n(C(C)(C)C)n1. The van der Waals surface area contributed by atoms with Crippen molar-refractivity contribution < 1.29 is 14.3 Å². The zero-order valence-electron chi connectivity index (χ0n) is 19.4. The van der Waals surface area contributed by atoms with Crippen LogP contribution in [0.5, 0.6) is 0 Å². The van der Waals surface area contributed by atoms with Gasteiger partial charge in [0.15, 0.2) is 5.69 Å². The molecule has 32 heavy (non-hydrogen) atoms. The van der Waals surface area contributed by atoms with Crippen LogP contribution in [0.25, 0.3) is 0 Å². The smallest absolute Gasteiger partial charge is 0.274 e. The second-order valence-electron chi connectivity index (χ2n) is 9.67. The van der Waals surface area contributed by atoms with Gasteiger partial charge >= 0.3 is 0 Å². The van der Waals surface area contributed by atoms with Gasteiger partial charge < -0.3 is 19.9 Å². The first-order chi connectivity index (χ1) is 15.2. The fraction of sp³-hybridized carbons (Fsp3) is 0.542. The summed E-state index contributed by atoms with van der Waals surface area (Å²) in [5.41, 5.74) is 3.13. The number of nitrogens with zero attached hydrogens (tertiary/aromatic N) is 4. The molecule has 1 aromatic carbocycles. The quantitative estimate of drug-likeness (QED) is 0.748.